The van der Waals surface area contributed by atoms with Gasteiger partial charge in [0, 0.05) is 18.6 Å². The van der Waals surface area contributed by atoms with Crippen molar-refractivity contribution in [2.45, 2.75) is 6.92 Å². The third-order valence-electron chi connectivity index (χ3n) is 2.05. The fraction of sp³-hybridized carbons (Fsp3) is 0.0909. The molecule has 2 aromatic rings. The first kappa shape index (κ1) is 10.2. The maximum Gasteiger partial charge on any atom is 0.275 e. The Labute approximate surface area is 92.6 Å². The van der Waals surface area contributed by atoms with Crippen molar-refractivity contribution in [3.8, 4) is 0 Å². The molecule has 2 aromatic heterocycles. The van der Waals surface area contributed by atoms with E-state index in [1.807, 2.05) is 6.92 Å². The predicted octanol–water partition coefficient (Wildman–Crippen LogP) is 1.43. The summed E-state index contributed by atoms with van der Waals surface area (Å²) in [5.41, 5.74) is 1.73. The summed E-state index contributed by atoms with van der Waals surface area (Å²) in [5, 5.41) is 2.72. The number of aromatic nitrogens is 3. The van der Waals surface area contributed by atoms with Crippen LogP contribution in [0, 0.1) is 6.92 Å². The normalized spacial score (nSPS) is 9.81. The number of carbonyl (C=O) groups is 1. The molecule has 2 heterocycles. The van der Waals surface area contributed by atoms with E-state index in [1.54, 1.807) is 18.3 Å². The minimum absolute atomic E-state index is 0.283. The lowest BCUT2D eigenvalue weighted by atomic mass is 10.3. The van der Waals surface area contributed by atoms with Gasteiger partial charge in [0.15, 0.2) is 0 Å². The molecular weight excluding hydrogens is 204 g/mol. The number of carbonyl (C=O) groups excluding carboxylic acids is 1. The molecule has 5 nitrogen and oxygen atoms in total. The van der Waals surface area contributed by atoms with E-state index in [1.165, 1.54) is 18.6 Å². The number of amides is 1. The molecule has 0 saturated carbocycles. The van der Waals surface area contributed by atoms with Crippen LogP contribution in [0.2, 0.25) is 0 Å². The number of hydrogen-bond acceptors (Lipinski definition) is 4. The van der Waals surface area contributed by atoms with E-state index in [4.69, 9.17) is 0 Å². The van der Waals surface area contributed by atoms with Gasteiger partial charge in [-0.2, -0.15) is 0 Å². The molecule has 0 aromatic carbocycles. The third-order valence-corrected chi connectivity index (χ3v) is 2.05. The summed E-state index contributed by atoms with van der Waals surface area (Å²) < 4.78 is 0. The predicted molar refractivity (Wildman–Crippen MR) is 59.0 cm³/mol. The SMILES string of the molecule is Cc1ncccc1NC(=O)c1cnccn1. The maximum atomic E-state index is 11.7. The fourth-order valence-corrected chi connectivity index (χ4v) is 1.22. The average Bonchev–Trinajstić information content (AvgIpc) is 2.33. The number of rotatable bonds is 2. The monoisotopic (exact) mass is 214 g/mol. The van der Waals surface area contributed by atoms with Crippen LogP contribution >= 0.6 is 0 Å². The van der Waals surface area contributed by atoms with Crippen LogP contribution in [0.25, 0.3) is 0 Å². The first-order valence-corrected chi connectivity index (χ1v) is 4.76. The van der Waals surface area contributed by atoms with Crippen molar-refractivity contribution in [2.75, 3.05) is 5.32 Å². The van der Waals surface area contributed by atoms with Crippen LogP contribution in [0.4, 0.5) is 5.69 Å². The number of pyridine rings is 1. The summed E-state index contributed by atoms with van der Waals surface area (Å²) in [6, 6.07) is 3.55. The molecule has 0 bridgehead atoms. The van der Waals surface area contributed by atoms with Gasteiger partial charge in [0.1, 0.15) is 5.69 Å². The number of hydrogen-bond donors (Lipinski definition) is 1. The standard InChI is InChI=1S/C11H10N4O/c1-8-9(3-2-4-13-8)15-11(16)10-7-12-5-6-14-10/h2-7H,1H3,(H,15,16). The Balaban J connectivity index is 2.18. The van der Waals surface area contributed by atoms with E-state index < -0.39 is 0 Å². The van der Waals surface area contributed by atoms with Gasteiger partial charge in [-0.25, -0.2) is 4.98 Å². The maximum absolute atomic E-state index is 11.7. The van der Waals surface area contributed by atoms with Gasteiger partial charge in [0.25, 0.3) is 5.91 Å². The Morgan fingerprint density at radius 2 is 2.12 bits per heavy atom. The van der Waals surface area contributed by atoms with E-state index in [2.05, 4.69) is 20.3 Å². The zero-order chi connectivity index (χ0) is 11.4. The molecule has 1 amide bonds. The first-order valence-electron chi connectivity index (χ1n) is 4.76. The van der Waals surface area contributed by atoms with E-state index in [0.717, 1.165) is 5.69 Å². The molecule has 80 valence electrons. The Morgan fingerprint density at radius 3 is 2.81 bits per heavy atom. The van der Waals surface area contributed by atoms with E-state index in [9.17, 15) is 4.79 Å². The second-order valence-corrected chi connectivity index (χ2v) is 3.18. The molecule has 2 rings (SSSR count). The third kappa shape index (κ3) is 2.20. The molecule has 0 aliphatic rings. The molecule has 0 atom stereocenters. The lowest BCUT2D eigenvalue weighted by Gasteiger charge is -2.05. The summed E-state index contributed by atoms with van der Waals surface area (Å²) in [6.07, 6.45) is 6.09. The van der Waals surface area contributed by atoms with Crippen LogP contribution in [0.5, 0.6) is 0 Å². The van der Waals surface area contributed by atoms with Gasteiger partial charge >= 0.3 is 0 Å². The molecule has 0 radical (unpaired) electrons. The molecule has 5 heteroatoms. The minimum atomic E-state index is -0.288. The van der Waals surface area contributed by atoms with Crippen molar-refractivity contribution < 1.29 is 4.79 Å². The molecule has 0 aliphatic carbocycles. The summed E-state index contributed by atoms with van der Waals surface area (Å²) in [7, 11) is 0. The van der Waals surface area contributed by atoms with Gasteiger partial charge in [-0.1, -0.05) is 0 Å². The van der Waals surface area contributed by atoms with E-state index in [0.29, 0.717) is 5.69 Å². The number of anilines is 1. The van der Waals surface area contributed by atoms with Gasteiger partial charge in [-0.05, 0) is 19.1 Å². The van der Waals surface area contributed by atoms with Crippen molar-refractivity contribution in [3.05, 3.63) is 48.3 Å². The molecule has 16 heavy (non-hydrogen) atoms. The Kier molecular flexibility index (Phi) is 2.86. The van der Waals surface area contributed by atoms with E-state index in [-0.39, 0.29) is 11.6 Å². The molecule has 0 saturated heterocycles. The highest BCUT2D eigenvalue weighted by atomic mass is 16.1. The number of nitrogens with one attached hydrogen (secondary N) is 1. The van der Waals surface area contributed by atoms with Gasteiger partial charge in [0.2, 0.25) is 0 Å². The summed E-state index contributed by atoms with van der Waals surface area (Å²) in [6.45, 7) is 1.83. The van der Waals surface area contributed by atoms with Gasteiger partial charge in [-0.3, -0.25) is 14.8 Å². The van der Waals surface area contributed by atoms with Crippen LogP contribution in [-0.2, 0) is 0 Å². The molecular formula is C11H10N4O. The van der Waals surface area contributed by atoms with Crippen LogP contribution < -0.4 is 5.32 Å². The van der Waals surface area contributed by atoms with E-state index >= 15 is 0 Å². The highest BCUT2D eigenvalue weighted by molar-refractivity contribution is 6.02. The Hall–Kier alpha value is -2.30. The Morgan fingerprint density at radius 1 is 1.25 bits per heavy atom. The highest BCUT2D eigenvalue weighted by Crippen LogP contribution is 2.11. The second-order valence-electron chi connectivity index (χ2n) is 3.18. The smallest absolute Gasteiger partial charge is 0.275 e. The fourth-order valence-electron chi connectivity index (χ4n) is 1.22. The van der Waals surface area contributed by atoms with Crippen molar-refractivity contribution >= 4 is 11.6 Å². The zero-order valence-electron chi connectivity index (χ0n) is 8.71. The molecule has 0 spiro atoms. The average molecular weight is 214 g/mol. The minimum Gasteiger partial charge on any atom is -0.319 e. The quantitative estimate of drug-likeness (QED) is 0.821. The molecule has 0 fully saturated rings. The van der Waals surface area contributed by atoms with Crippen LogP contribution in [0.1, 0.15) is 16.2 Å². The topological polar surface area (TPSA) is 67.8 Å². The highest BCUT2D eigenvalue weighted by Gasteiger charge is 2.08. The van der Waals surface area contributed by atoms with Crippen LogP contribution in [0.15, 0.2) is 36.9 Å². The summed E-state index contributed by atoms with van der Waals surface area (Å²) >= 11 is 0. The molecule has 0 unspecified atom stereocenters. The van der Waals surface area contributed by atoms with Crippen molar-refractivity contribution in [3.63, 3.8) is 0 Å². The summed E-state index contributed by atoms with van der Waals surface area (Å²) in [4.78, 5) is 23.5. The van der Waals surface area contributed by atoms with Crippen LogP contribution in [-0.4, -0.2) is 20.9 Å². The number of aryl methyl sites for hydroxylation is 1. The summed E-state index contributed by atoms with van der Waals surface area (Å²) in [5.74, 6) is -0.288. The van der Waals surface area contributed by atoms with Gasteiger partial charge < -0.3 is 5.32 Å². The van der Waals surface area contributed by atoms with Crippen molar-refractivity contribution in [1.82, 2.24) is 15.0 Å². The zero-order valence-corrected chi connectivity index (χ0v) is 8.71. The van der Waals surface area contributed by atoms with Crippen molar-refractivity contribution in [2.24, 2.45) is 0 Å². The first-order chi connectivity index (χ1) is 7.77. The lowest BCUT2D eigenvalue weighted by Crippen LogP contribution is -2.14. The molecule has 0 aliphatic heterocycles. The Bertz CT molecular complexity index is 498. The molecule has 1 N–H and O–H groups in total. The lowest BCUT2D eigenvalue weighted by molar-refractivity contribution is 0.102. The number of nitrogens with zero attached hydrogens (tertiary/aromatic N) is 3. The second kappa shape index (κ2) is 4.48. The largest absolute Gasteiger partial charge is 0.319 e. The van der Waals surface area contributed by atoms with Crippen molar-refractivity contribution in [1.29, 1.82) is 0 Å². The van der Waals surface area contributed by atoms with Crippen LogP contribution in [0.3, 0.4) is 0 Å². The van der Waals surface area contributed by atoms with Gasteiger partial charge in [0.05, 0.1) is 17.6 Å². The van der Waals surface area contributed by atoms with Gasteiger partial charge in [-0.15, -0.1) is 0 Å².